The molecule has 0 spiro atoms. The minimum absolute atomic E-state index is 0.0880. The Morgan fingerprint density at radius 3 is 2.42 bits per heavy atom. The van der Waals surface area contributed by atoms with Gasteiger partial charge in [-0.05, 0) is 30.7 Å². The van der Waals surface area contributed by atoms with Crippen LogP contribution in [0.3, 0.4) is 0 Å². The summed E-state index contributed by atoms with van der Waals surface area (Å²) in [7, 11) is 0. The average Bonchev–Trinajstić information content (AvgIpc) is 2.37. The van der Waals surface area contributed by atoms with Crippen LogP contribution in [0.5, 0.6) is 5.75 Å². The topological polar surface area (TPSA) is 22.1 Å². The lowest BCUT2D eigenvalue weighted by atomic mass is 9.78. The van der Waals surface area contributed by atoms with Crippen LogP contribution in [0.1, 0.15) is 11.1 Å². The second kappa shape index (κ2) is 5.34. The first-order valence-corrected chi connectivity index (χ1v) is 5.79. The lowest BCUT2D eigenvalue weighted by molar-refractivity contribution is 0.307. The molecule has 0 unspecified atom stereocenters. The van der Waals surface area contributed by atoms with E-state index in [1.54, 1.807) is 37.5 Å². The first-order chi connectivity index (χ1) is 8.97. The van der Waals surface area contributed by atoms with E-state index in [9.17, 15) is 12.9 Å². The predicted octanol–water partition coefficient (Wildman–Crippen LogP) is 3.02. The normalized spacial score (nSPS) is 11.4. The molecule has 19 heavy (non-hydrogen) atoms. The van der Waals surface area contributed by atoms with Crippen LogP contribution in [-0.4, -0.2) is 12.0 Å². The summed E-state index contributed by atoms with van der Waals surface area (Å²) in [6.45, 7) is -3.37. The number of halogens is 3. The van der Waals surface area contributed by atoms with Gasteiger partial charge in [-0.25, -0.2) is 0 Å². The molecule has 0 atom stereocenters. The number of aromatic nitrogens is 1. The molecule has 0 saturated heterocycles. The van der Waals surface area contributed by atoms with Gasteiger partial charge in [0.15, 0.2) is 0 Å². The van der Waals surface area contributed by atoms with Gasteiger partial charge < -0.3 is 17.7 Å². The van der Waals surface area contributed by atoms with Gasteiger partial charge in [-0.3, -0.25) is 4.98 Å². The summed E-state index contributed by atoms with van der Waals surface area (Å²) in [5.41, 5.74) is 0.649. The Morgan fingerprint density at radius 2 is 1.79 bits per heavy atom. The van der Waals surface area contributed by atoms with Gasteiger partial charge in [-0.1, -0.05) is 23.2 Å². The maximum atomic E-state index is 12.9. The van der Waals surface area contributed by atoms with E-state index in [4.69, 9.17) is 4.74 Å². The Balaban J connectivity index is 2.21. The highest BCUT2D eigenvalue weighted by molar-refractivity contribution is 6.74. The number of hydrogen-bond donors (Lipinski definition) is 0. The minimum atomic E-state index is -5.08. The highest BCUT2D eigenvalue weighted by Gasteiger charge is 2.29. The number of ether oxygens (including phenoxy) is 1. The van der Waals surface area contributed by atoms with E-state index in [0.29, 0.717) is 5.56 Å². The van der Waals surface area contributed by atoms with Crippen LogP contribution in [0, 0.1) is 6.92 Å². The third-order valence-corrected chi connectivity index (χ3v) is 2.66. The first-order valence-electron chi connectivity index (χ1n) is 5.79. The Bertz CT molecular complexity index is 558. The van der Waals surface area contributed by atoms with Crippen molar-refractivity contribution in [2.24, 2.45) is 0 Å². The van der Waals surface area contributed by atoms with Crippen LogP contribution in [0.25, 0.3) is 0 Å². The minimum Gasteiger partial charge on any atom is -0.492 e. The van der Waals surface area contributed by atoms with Gasteiger partial charge in [0.2, 0.25) is 0 Å². The number of benzene rings is 1. The van der Waals surface area contributed by atoms with Crippen molar-refractivity contribution in [2.75, 3.05) is 0 Å². The number of nitrogens with zero attached hydrogens (tertiary/aromatic N) is 1. The molecule has 0 bridgehead atoms. The van der Waals surface area contributed by atoms with Crippen LogP contribution in [0.2, 0.25) is 0 Å². The predicted molar refractivity (Wildman–Crippen MR) is 68.5 cm³/mol. The molecule has 1 aromatic heterocycles. The molecule has 6 heteroatoms. The SMILES string of the molecule is Cc1ccc(OCc2ccncc2)c([B-](F)(F)F)c1. The third-order valence-electron chi connectivity index (χ3n) is 2.66. The van der Waals surface area contributed by atoms with Gasteiger partial charge in [0, 0.05) is 12.4 Å². The number of pyridine rings is 1. The van der Waals surface area contributed by atoms with Crippen molar-refractivity contribution in [3.63, 3.8) is 0 Å². The molecule has 1 aromatic carbocycles. The zero-order chi connectivity index (χ0) is 13.9. The fourth-order valence-corrected chi connectivity index (χ4v) is 1.70. The van der Waals surface area contributed by atoms with E-state index in [2.05, 4.69) is 4.98 Å². The van der Waals surface area contributed by atoms with E-state index < -0.39 is 12.4 Å². The van der Waals surface area contributed by atoms with Gasteiger partial charge in [-0.15, -0.1) is 0 Å². The lowest BCUT2D eigenvalue weighted by Gasteiger charge is -2.20. The molecular formula is C13H12BF3NO-. The average molecular weight is 266 g/mol. The highest BCUT2D eigenvalue weighted by atomic mass is 19.4. The van der Waals surface area contributed by atoms with Crippen LogP contribution in [0.4, 0.5) is 12.9 Å². The van der Waals surface area contributed by atoms with Crippen LogP contribution in [-0.2, 0) is 6.61 Å². The standard InChI is InChI=1S/C13H12BF3NO/c1-10-2-3-13(12(8-10)14(15,16)17)19-9-11-4-6-18-7-5-11/h2-8H,9H2,1H3/q-1. The molecule has 0 aliphatic heterocycles. The molecule has 1 heterocycles. The summed E-state index contributed by atoms with van der Waals surface area (Å²) in [6.07, 6.45) is 3.14. The number of aryl methyl sites for hydroxylation is 1. The van der Waals surface area contributed by atoms with E-state index in [0.717, 1.165) is 11.6 Å². The van der Waals surface area contributed by atoms with Crippen LogP contribution < -0.4 is 10.2 Å². The Kier molecular flexibility index (Phi) is 3.78. The van der Waals surface area contributed by atoms with Crippen LogP contribution in [0.15, 0.2) is 42.7 Å². The van der Waals surface area contributed by atoms with E-state index in [1.165, 1.54) is 6.07 Å². The molecule has 0 aliphatic carbocycles. The van der Waals surface area contributed by atoms with Crippen molar-refractivity contribution >= 4 is 12.4 Å². The molecule has 100 valence electrons. The first kappa shape index (κ1) is 13.5. The van der Waals surface area contributed by atoms with Crippen LogP contribution >= 0.6 is 0 Å². The summed E-state index contributed by atoms with van der Waals surface area (Å²) < 4.78 is 44.1. The highest BCUT2D eigenvalue weighted by Crippen LogP contribution is 2.20. The largest absolute Gasteiger partial charge is 0.513 e. The quantitative estimate of drug-likeness (QED) is 0.793. The fraction of sp³-hybridized carbons (Fsp3) is 0.154. The van der Waals surface area contributed by atoms with Gasteiger partial charge in [0.05, 0.1) is 5.75 Å². The smallest absolute Gasteiger partial charge is 0.492 e. The Hall–Kier alpha value is -1.98. The summed E-state index contributed by atoms with van der Waals surface area (Å²) in [6, 6.07) is 7.48. The molecule has 0 fully saturated rings. The molecule has 2 rings (SSSR count). The lowest BCUT2D eigenvalue weighted by Crippen LogP contribution is -2.35. The molecule has 0 aliphatic rings. The third kappa shape index (κ3) is 3.50. The monoisotopic (exact) mass is 266 g/mol. The van der Waals surface area contributed by atoms with Crippen molar-refractivity contribution in [2.45, 2.75) is 13.5 Å². The second-order valence-corrected chi connectivity index (χ2v) is 4.26. The summed E-state index contributed by atoms with van der Waals surface area (Å²) in [5, 5.41) is 0. The van der Waals surface area contributed by atoms with Gasteiger partial charge in [0.1, 0.15) is 6.61 Å². The molecule has 0 amide bonds. The maximum absolute atomic E-state index is 12.9. The number of hydrogen-bond acceptors (Lipinski definition) is 2. The maximum Gasteiger partial charge on any atom is 0.513 e. The zero-order valence-corrected chi connectivity index (χ0v) is 10.3. The van der Waals surface area contributed by atoms with Crippen molar-refractivity contribution in [3.8, 4) is 5.75 Å². The zero-order valence-electron chi connectivity index (χ0n) is 10.3. The molecule has 0 radical (unpaired) electrons. The fourth-order valence-electron chi connectivity index (χ4n) is 1.70. The Morgan fingerprint density at radius 1 is 1.11 bits per heavy atom. The summed E-state index contributed by atoms with van der Waals surface area (Å²) in [4.78, 5) is 3.84. The van der Waals surface area contributed by atoms with E-state index >= 15 is 0 Å². The number of rotatable bonds is 4. The van der Waals surface area contributed by atoms with Gasteiger partial charge in [0.25, 0.3) is 0 Å². The Labute approximate surface area is 109 Å². The molecular weight excluding hydrogens is 254 g/mol. The van der Waals surface area contributed by atoms with Crippen molar-refractivity contribution in [1.29, 1.82) is 0 Å². The van der Waals surface area contributed by atoms with E-state index in [1.807, 2.05) is 0 Å². The van der Waals surface area contributed by atoms with Gasteiger partial charge in [-0.2, -0.15) is 0 Å². The molecule has 2 nitrogen and oxygen atoms in total. The van der Waals surface area contributed by atoms with Crippen molar-refractivity contribution in [1.82, 2.24) is 4.98 Å². The molecule has 2 aromatic rings. The molecule has 0 N–H and O–H groups in total. The summed E-state index contributed by atoms with van der Waals surface area (Å²) in [5.74, 6) is -0.130. The molecule has 0 saturated carbocycles. The van der Waals surface area contributed by atoms with E-state index in [-0.39, 0.29) is 12.4 Å². The summed E-state index contributed by atoms with van der Waals surface area (Å²) >= 11 is 0. The van der Waals surface area contributed by atoms with Crippen molar-refractivity contribution in [3.05, 3.63) is 53.9 Å². The van der Waals surface area contributed by atoms with Crippen molar-refractivity contribution < 1.29 is 17.7 Å². The second-order valence-electron chi connectivity index (χ2n) is 4.26. The van der Waals surface area contributed by atoms with Gasteiger partial charge >= 0.3 is 6.98 Å².